The number of H-pyrrole nitrogens is 1. The molecule has 1 aliphatic carbocycles. The first-order valence-electron chi connectivity index (χ1n) is 6.81. The minimum absolute atomic E-state index is 0.0252. The van der Waals surface area contributed by atoms with Gasteiger partial charge in [0.1, 0.15) is 17.5 Å². The summed E-state index contributed by atoms with van der Waals surface area (Å²) in [6, 6.07) is 5.11. The molecule has 1 aliphatic heterocycles. The van der Waals surface area contributed by atoms with E-state index in [1.807, 2.05) is 6.07 Å². The molecule has 3 rings (SSSR count). The van der Waals surface area contributed by atoms with Crippen molar-refractivity contribution in [3.63, 3.8) is 0 Å². The smallest absolute Gasteiger partial charge is 0.267 e. The van der Waals surface area contributed by atoms with Crippen LogP contribution >= 0.6 is 0 Å². The highest BCUT2D eigenvalue weighted by Gasteiger charge is 2.55. The molecule has 0 bridgehead atoms. The van der Waals surface area contributed by atoms with Crippen LogP contribution in [-0.4, -0.2) is 41.4 Å². The molecule has 106 valence electrons. The maximum atomic E-state index is 12.1. The Morgan fingerprint density at radius 1 is 1.50 bits per heavy atom. The fourth-order valence-electron chi connectivity index (χ4n) is 3.23. The number of hydrogen-bond donors (Lipinski definition) is 3. The second kappa shape index (κ2) is 4.93. The van der Waals surface area contributed by atoms with E-state index in [2.05, 4.69) is 10.3 Å². The van der Waals surface area contributed by atoms with E-state index in [4.69, 9.17) is 10.00 Å². The van der Waals surface area contributed by atoms with Gasteiger partial charge in [0.2, 0.25) is 0 Å². The van der Waals surface area contributed by atoms with Crippen LogP contribution in [0.4, 0.5) is 0 Å². The van der Waals surface area contributed by atoms with Gasteiger partial charge in [-0.05, 0) is 31.4 Å². The van der Waals surface area contributed by atoms with E-state index in [1.54, 1.807) is 12.1 Å². The average Bonchev–Trinajstić information content (AvgIpc) is 2.97. The van der Waals surface area contributed by atoms with Crippen molar-refractivity contribution in [1.29, 1.82) is 5.26 Å². The summed E-state index contributed by atoms with van der Waals surface area (Å²) in [7, 11) is 0. The number of nitrogens with zero attached hydrogens (tertiary/aromatic N) is 1. The van der Waals surface area contributed by atoms with Crippen LogP contribution in [0.3, 0.4) is 0 Å². The molecular weight excluding hydrogens is 258 g/mol. The van der Waals surface area contributed by atoms with E-state index in [0.29, 0.717) is 31.0 Å². The van der Waals surface area contributed by atoms with Gasteiger partial charge in [-0.15, -0.1) is 0 Å². The number of aromatic amines is 1. The molecule has 2 fully saturated rings. The van der Waals surface area contributed by atoms with E-state index < -0.39 is 0 Å². The summed E-state index contributed by atoms with van der Waals surface area (Å²) in [4.78, 5) is 14.9. The number of nitriles is 1. The Morgan fingerprint density at radius 2 is 2.25 bits per heavy atom. The zero-order valence-corrected chi connectivity index (χ0v) is 11.1. The van der Waals surface area contributed by atoms with Crippen LogP contribution in [-0.2, 0) is 4.74 Å². The van der Waals surface area contributed by atoms with Gasteiger partial charge in [-0.3, -0.25) is 4.79 Å². The maximum Gasteiger partial charge on any atom is 0.267 e. The van der Waals surface area contributed by atoms with Crippen LogP contribution in [0.15, 0.2) is 12.1 Å². The first-order chi connectivity index (χ1) is 9.65. The lowest BCUT2D eigenvalue weighted by atomic mass is 9.58. The van der Waals surface area contributed by atoms with Gasteiger partial charge in [-0.2, -0.15) is 5.26 Å². The van der Waals surface area contributed by atoms with Gasteiger partial charge in [0.05, 0.1) is 6.10 Å². The maximum absolute atomic E-state index is 12.1. The number of aliphatic hydroxyl groups excluding tert-OH is 1. The first kappa shape index (κ1) is 13.2. The molecule has 2 heterocycles. The molecule has 6 nitrogen and oxygen atoms in total. The van der Waals surface area contributed by atoms with Gasteiger partial charge in [-0.25, -0.2) is 0 Å². The lowest BCUT2D eigenvalue weighted by Crippen LogP contribution is -2.65. The third-order valence-corrected chi connectivity index (χ3v) is 4.60. The molecule has 20 heavy (non-hydrogen) atoms. The molecular formula is C14H17N3O3. The molecule has 0 aromatic carbocycles. The number of nitrogens with one attached hydrogen (secondary N) is 2. The quantitative estimate of drug-likeness (QED) is 0.734. The summed E-state index contributed by atoms with van der Waals surface area (Å²) in [5.74, 6) is -0.228. The highest BCUT2D eigenvalue weighted by atomic mass is 16.5. The Balaban J connectivity index is 1.68. The van der Waals surface area contributed by atoms with Gasteiger partial charge < -0.3 is 20.1 Å². The molecule has 0 unspecified atom stereocenters. The number of carbonyl (C=O) groups excluding carboxylic acids is 1. The zero-order chi connectivity index (χ0) is 14.2. The van der Waals surface area contributed by atoms with Crippen molar-refractivity contribution >= 4 is 5.91 Å². The molecule has 6 heteroatoms. The van der Waals surface area contributed by atoms with Crippen molar-refractivity contribution < 1.29 is 14.6 Å². The topological polar surface area (TPSA) is 98.1 Å². The molecule has 1 saturated carbocycles. The predicted molar refractivity (Wildman–Crippen MR) is 69.9 cm³/mol. The lowest BCUT2D eigenvalue weighted by Gasteiger charge is -2.55. The number of hydrogen-bond acceptors (Lipinski definition) is 4. The van der Waals surface area contributed by atoms with Crippen molar-refractivity contribution in [1.82, 2.24) is 10.3 Å². The van der Waals surface area contributed by atoms with Crippen LogP contribution in [0.1, 0.15) is 35.4 Å². The highest BCUT2D eigenvalue weighted by Crippen LogP contribution is 2.48. The minimum Gasteiger partial charge on any atom is -0.392 e. The normalized spacial score (nSPS) is 27.6. The molecule has 1 amide bonds. The second-order valence-electron chi connectivity index (χ2n) is 5.52. The molecule has 0 radical (unpaired) electrons. The summed E-state index contributed by atoms with van der Waals surface area (Å²) in [6.45, 7) is 1.26. The first-order valence-corrected chi connectivity index (χ1v) is 6.81. The van der Waals surface area contributed by atoms with Gasteiger partial charge in [0.15, 0.2) is 0 Å². The van der Waals surface area contributed by atoms with Crippen molar-refractivity contribution in [2.45, 2.75) is 31.4 Å². The van der Waals surface area contributed by atoms with E-state index >= 15 is 0 Å². The van der Waals surface area contributed by atoms with Crippen molar-refractivity contribution in [2.24, 2.45) is 5.41 Å². The Hall–Kier alpha value is -1.84. The molecule has 1 spiro atoms. The third kappa shape index (κ3) is 1.99. The number of rotatable bonds is 2. The van der Waals surface area contributed by atoms with Gasteiger partial charge in [0, 0.05) is 24.7 Å². The van der Waals surface area contributed by atoms with Crippen LogP contribution in [0, 0.1) is 16.7 Å². The summed E-state index contributed by atoms with van der Waals surface area (Å²) in [5, 5.41) is 21.8. The number of aliphatic hydroxyl groups is 1. The minimum atomic E-state index is -0.366. The molecule has 1 aromatic heterocycles. The molecule has 2 aliphatic rings. The van der Waals surface area contributed by atoms with E-state index in [-0.39, 0.29) is 23.5 Å². The largest absolute Gasteiger partial charge is 0.392 e. The number of amides is 1. The number of carbonyl (C=O) groups is 1. The molecule has 1 aromatic rings. The lowest BCUT2D eigenvalue weighted by molar-refractivity contribution is -0.145. The van der Waals surface area contributed by atoms with Crippen molar-refractivity contribution in [2.75, 3.05) is 13.2 Å². The summed E-state index contributed by atoms with van der Waals surface area (Å²) in [5.41, 5.74) is 0.508. The average molecular weight is 275 g/mol. The Labute approximate surface area is 116 Å². The number of aromatic nitrogens is 1. The summed E-state index contributed by atoms with van der Waals surface area (Å²) < 4.78 is 5.34. The van der Waals surface area contributed by atoms with Crippen molar-refractivity contribution in [3.05, 3.63) is 23.5 Å². The highest BCUT2D eigenvalue weighted by molar-refractivity contribution is 5.93. The SMILES string of the molecule is N#Cc1ccc(C(=O)N[C@@H]2C[C@@H](O)C23CCOCC3)[nH]1. The number of ether oxygens (including phenoxy) is 1. The molecule has 1 saturated heterocycles. The van der Waals surface area contributed by atoms with Crippen LogP contribution < -0.4 is 5.32 Å². The fraction of sp³-hybridized carbons (Fsp3) is 0.571. The molecule has 2 atom stereocenters. The van der Waals surface area contributed by atoms with Crippen molar-refractivity contribution in [3.8, 4) is 6.07 Å². The summed E-state index contributed by atoms with van der Waals surface area (Å²) in [6.07, 6.45) is 1.76. The Kier molecular flexibility index (Phi) is 3.24. The Morgan fingerprint density at radius 3 is 2.85 bits per heavy atom. The predicted octanol–water partition coefficient (Wildman–Crippen LogP) is 0.546. The molecule has 3 N–H and O–H groups in total. The monoisotopic (exact) mass is 275 g/mol. The van der Waals surface area contributed by atoms with Crippen LogP contribution in [0.5, 0.6) is 0 Å². The fourth-order valence-corrected chi connectivity index (χ4v) is 3.23. The summed E-state index contributed by atoms with van der Waals surface area (Å²) >= 11 is 0. The second-order valence-corrected chi connectivity index (χ2v) is 5.52. The third-order valence-electron chi connectivity index (χ3n) is 4.60. The van der Waals surface area contributed by atoms with E-state index in [1.165, 1.54) is 0 Å². The van der Waals surface area contributed by atoms with E-state index in [9.17, 15) is 9.90 Å². The zero-order valence-electron chi connectivity index (χ0n) is 11.1. The van der Waals surface area contributed by atoms with Gasteiger partial charge in [-0.1, -0.05) is 0 Å². The van der Waals surface area contributed by atoms with Gasteiger partial charge >= 0.3 is 0 Å². The van der Waals surface area contributed by atoms with Gasteiger partial charge in [0.25, 0.3) is 5.91 Å². The van der Waals surface area contributed by atoms with E-state index in [0.717, 1.165) is 12.8 Å². The van der Waals surface area contributed by atoms with Crippen LogP contribution in [0.2, 0.25) is 0 Å². The van der Waals surface area contributed by atoms with Crippen LogP contribution in [0.25, 0.3) is 0 Å². The Bertz CT molecular complexity index is 554. The standard InChI is InChI=1S/C14H17N3O3/c15-8-9-1-2-10(16-9)13(19)17-11-7-12(18)14(11)3-5-20-6-4-14/h1-2,11-12,16,18H,3-7H2,(H,17,19)/t11-,12-/m1/s1.